The smallest absolute Gasteiger partial charge is 0.258 e. The summed E-state index contributed by atoms with van der Waals surface area (Å²) in [6, 6.07) is 5.65. The molecule has 1 aromatic rings. The molecule has 1 unspecified atom stereocenters. The summed E-state index contributed by atoms with van der Waals surface area (Å²) >= 11 is 0. The number of ether oxygens (including phenoxy) is 2. The van der Waals surface area contributed by atoms with Gasteiger partial charge in [-0.2, -0.15) is 0 Å². The molecule has 1 rings (SSSR count). The zero-order valence-corrected chi connectivity index (χ0v) is 13.3. The normalized spacial score (nSPS) is 12.1. The maximum atomic E-state index is 11.9. The second-order valence-electron chi connectivity index (χ2n) is 5.27. The Morgan fingerprint density at radius 1 is 1.29 bits per heavy atom. The molecule has 0 heterocycles. The lowest BCUT2D eigenvalue weighted by Crippen LogP contribution is -2.39. The Bertz CT molecular complexity index is 461. The van der Waals surface area contributed by atoms with Crippen molar-refractivity contribution < 1.29 is 14.3 Å². The van der Waals surface area contributed by atoms with Gasteiger partial charge in [0.25, 0.3) is 5.91 Å². The van der Waals surface area contributed by atoms with Crippen molar-refractivity contribution in [3.63, 3.8) is 0 Å². The van der Waals surface area contributed by atoms with E-state index < -0.39 is 0 Å². The van der Waals surface area contributed by atoms with Gasteiger partial charge in [0.1, 0.15) is 0 Å². The molecule has 0 aromatic heterocycles. The summed E-state index contributed by atoms with van der Waals surface area (Å²) in [4.78, 5) is 11.9. The number of nitrogens with two attached hydrogens (primary N) is 1. The van der Waals surface area contributed by atoms with Crippen LogP contribution in [0.2, 0.25) is 0 Å². The zero-order valence-electron chi connectivity index (χ0n) is 13.3. The van der Waals surface area contributed by atoms with Gasteiger partial charge in [0.15, 0.2) is 18.1 Å². The first-order valence-corrected chi connectivity index (χ1v) is 7.36. The van der Waals surface area contributed by atoms with Gasteiger partial charge in [0.05, 0.1) is 6.61 Å². The molecule has 1 aromatic carbocycles. The Hall–Kier alpha value is -1.75. The number of para-hydroxylation sites is 1. The molecule has 0 aliphatic rings. The molecular formula is C16H26N2O3. The quantitative estimate of drug-likeness (QED) is 0.770. The van der Waals surface area contributed by atoms with Gasteiger partial charge >= 0.3 is 0 Å². The van der Waals surface area contributed by atoms with Crippen molar-refractivity contribution in [1.29, 1.82) is 0 Å². The highest BCUT2D eigenvalue weighted by Crippen LogP contribution is 2.31. The van der Waals surface area contributed by atoms with E-state index in [4.69, 9.17) is 15.2 Å². The fourth-order valence-corrected chi connectivity index (χ4v) is 1.75. The predicted molar refractivity (Wildman–Crippen MR) is 83.4 cm³/mol. The molecule has 0 aliphatic heterocycles. The topological polar surface area (TPSA) is 73.6 Å². The molecule has 0 saturated carbocycles. The summed E-state index contributed by atoms with van der Waals surface area (Å²) in [6.45, 7) is 8.80. The number of hydrogen-bond donors (Lipinski definition) is 2. The summed E-state index contributed by atoms with van der Waals surface area (Å²) in [6.07, 6.45) is 0. The molecule has 3 N–H and O–H groups in total. The second kappa shape index (κ2) is 8.52. The van der Waals surface area contributed by atoms with Crippen molar-refractivity contribution in [2.24, 2.45) is 11.7 Å². The summed E-state index contributed by atoms with van der Waals surface area (Å²) in [5.74, 6) is 1.40. The molecule has 1 atom stereocenters. The molecule has 0 radical (unpaired) electrons. The number of amides is 1. The van der Waals surface area contributed by atoms with Gasteiger partial charge in [-0.1, -0.05) is 26.0 Å². The summed E-state index contributed by atoms with van der Waals surface area (Å²) in [7, 11) is 0. The Morgan fingerprint density at radius 3 is 2.57 bits per heavy atom. The molecular weight excluding hydrogens is 268 g/mol. The van der Waals surface area contributed by atoms with E-state index >= 15 is 0 Å². The average molecular weight is 294 g/mol. The molecule has 5 heteroatoms. The molecule has 0 fully saturated rings. The van der Waals surface area contributed by atoms with Crippen molar-refractivity contribution in [2.75, 3.05) is 13.2 Å². The Kier molecular flexibility index (Phi) is 7.02. The SMILES string of the molecule is CCOc1cccc(CN)c1OCC(=O)NC(C)C(C)C. The van der Waals surface area contributed by atoms with Crippen LogP contribution in [0.4, 0.5) is 0 Å². The average Bonchev–Trinajstić information content (AvgIpc) is 2.45. The van der Waals surface area contributed by atoms with Crippen LogP contribution >= 0.6 is 0 Å². The summed E-state index contributed by atoms with van der Waals surface area (Å²) in [5, 5.41) is 2.90. The van der Waals surface area contributed by atoms with E-state index in [0.717, 1.165) is 5.56 Å². The van der Waals surface area contributed by atoms with Gasteiger partial charge in [0, 0.05) is 18.2 Å². The van der Waals surface area contributed by atoms with Gasteiger partial charge in [-0.25, -0.2) is 0 Å². The van der Waals surface area contributed by atoms with E-state index in [2.05, 4.69) is 19.2 Å². The first-order valence-electron chi connectivity index (χ1n) is 7.36. The van der Waals surface area contributed by atoms with Crippen LogP contribution in [-0.2, 0) is 11.3 Å². The molecule has 118 valence electrons. The van der Waals surface area contributed by atoms with Gasteiger partial charge < -0.3 is 20.5 Å². The highest BCUT2D eigenvalue weighted by molar-refractivity contribution is 5.78. The third-order valence-electron chi connectivity index (χ3n) is 3.32. The highest BCUT2D eigenvalue weighted by atomic mass is 16.5. The number of hydrogen-bond acceptors (Lipinski definition) is 4. The lowest BCUT2D eigenvalue weighted by atomic mass is 10.1. The maximum Gasteiger partial charge on any atom is 0.258 e. The van der Waals surface area contributed by atoms with Crippen molar-refractivity contribution in [3.05, 3.63) is 23.8 Å². The second-order valence-corrected chi connectivity index (χ2v) is 5.27. The van der Waals surface area contributed by atoms with E-state index in [-0.39, 0.29) is 18.6 Å². The molecule has 21 heavy (non-hydrogen) atoms. The summed E-state index contributed by atoms with van der Waals surface area (Å²) < 4.78 is 11.2. The maximum absolute atomic E-state index is 11.9. The Morgan fingerprint density at radius 2 is 2.00 bits per heavy atom. The molecule has 0 spiro atoms. The lowest BCUT2D eigenvalue weighted by molar-refractivity contribution is -0.124. The number of rotatable bonds is 8. The largest absolute Gasteiger partial charge is 0.490 e. The fraction of sp³-hybridized carbons (Fsp3) is 0.562. The van der Waals surface area contributed by atoms with Crippen LogP contribution in [0, 0.1) is 5.92 Å². The number of nitrogens with one attached hydrogen (secondary N) is 1. The van der Waals surface area contributed by atoms with Crippen LogP contribution in [0.5, 0.6) is 11.5 Å². The Labute approximate surface area is 126 Å². The van der Waals surface area contributed by atoms with E-state index in [1.165, 1.54) is 0 Å². The standard InChI is InChI=1S/C16H26N2O3/c1-5-20-14-8-6-7-13(9-17)16(14)21-10-15(19)18-12(4)11(2)3/h6-8,11-12H,5,9-10,17H2,1-4H3,(H,18,19). The third-order valence-corrected chi connectivity index (χ3v) is 3.32. The van der Waals surface area contributed by atoms with Crippen LogP contribution < -0.4 is 20.5 Å². The van der Waals surface area contributed by atoms with Crippen molar-refractivity contribution in [3.8, 4) is 11.5 Å². The monoisotopic (exact) mass is 294 g/mol. The molecule has 5 nitrogen and oxygen atoms in total. The molecule has 0 aliphatic carbocycles. The van der Waals surface area contributed by atoms with E-state index in [1.807, 2.05) is 32.0 Å². The fourth-order valence-electron chi connectivity index (χ4n) is 1.75. The van der Waals surface area contributed by atoms with Gasteiger partial charge in [-0.3, -0.25) is 4.79 Å². The first-order chi connectivity index (χ1) is 9.99. The first kappa shape index (κ1) is 17.3. The number of carbonyl (C=O) groups is 1. The van der Waals surface area contributed by atoms with E-state index in [1.54, 1.807) is 0 Å². The van der Waals surface area contributed by atoms with Gasteiger partial charge in [-0.05, 0) is 25.8 Å². The van der Waals surface area contributed by atoms with Crippen molar-refractivity contribution in [1.82, 2.24) is 5.32 Å². The zero-order chi connectivity index (χ0) is 15.8. The minimum Gasteiger partial charge on any atom is -0.490 e. The lowest BCUT2D eigenvalue weighted by Gasteiger charge is -2.19. The van der Waals surface area contributed by atoms with Crippen LogP contribution in [0.1, 0.15) is 33.3 Å². The van der Waals surface area contributed by atoms with E-state index in [0.29, 0.717) is 30.6 Å². The van der Waals surface area contributed by atoms with Gasteiger partial charge in [-0.15, -0.1) is 0 Å². The summed E-state index contributed by atoms with van der Waals surface area (Å²) in [5.41, 5.74) is 6.53. The van der Waals surface area contributed by atoms with Crippen molar-refractivity contribution in [2.45, 2.75) is 40.3 Å². The molecule has 0 saturated heterocycles. The number of benzene rings is 1. The molecule has 1 amide bonds. The van der Waals surface area contributed by atoms with Crippen LogP contribution in [0.3, 0.4) is 0 Å². The van der Waals surface area contributed by atoms with Crippen LogP contribution in [-0.4, -0.2) is 25.2 Å². The Balaban J connectivity index is 2.71. The van der Waals surface area contributed by atoms with Crippen LogP contribution in [0.25, 0.3) is 0 Å². The number of carbonyl (C=O) groups excluding carboxylic acids is 1. The molecule has 0 bridgehead atoms. The van der Waals surface area contributed by atoms with Crippen molar-refractivity contribution >= 4 is 5.91 Å². The van der Waals surface area contributed by atoms with E-state index in [9.17, 15) is 4.79 Å². The minimum absolute atomic E-state index is 0.0475. The minimum atomic E-state index is -0.148. The predicted octanol–water partition coefficient (Wildman–Crippen LogP) is 2.08. The van der Waals surface area contributed by atoms with Gasteiger partial charge in [0.2, 0.25) is 0 Å². The van der Waals surface area contributed by atoms with Crippen LogP contribution in [0.15, 0.2) is 18.2 Å². The highest BCUT2D eigenvalue weighted by Gasteiger charge is 2.14. The third kappa shape index (κ3) is 5.27.